The molecule has 0 unspecified atom stereocenters. The fourth-order valence-electron chi connectivity index (χ4n) is 1.69. The van der Waals surface area contributed by atoms with Crippen LogP contribution in [-0.4, -0.2) is 22.6 Å². The molecule has 1 aromatic heterocycles. The molecule has 0 aliphatic carbocycles. The summed E-state index contributed by atoms with van der Waals surface area (Å²) >= 11 is 5.70. The van der Waals surface area contributed by atoms with Crippen molar-refractivity contribution in [2.45, 2.75) is 19.8 Å². The molecule has 8 nitrogen and oxygen atoms in total. The van der Waals surface area contributed by atoms with Crippen molar-refractivity contribution >= 4 is 29.1 Å². The third-order valence-electron chi connectivity index (χ3n) is 2.86. The molecule has 1 N–H and O–H groups in total. The van der Waals surface area contributed by atoms with Crippen molar-refractivity contribution in [2.75, 3.05) is 11.9 Å². The summed E-state index contributed by atoms with van der Waals surface area (Å²) in [6, 6.07) is 5.53. The minimum Gasteiger partial charge on any atom is -0.477 e. The Kier molecular flexibility index (Phi) is 5.17. The third-order valence-corrected chi connectivity index (χ3v) is 3.09. The molecule has 122 valence electrons. The molecule has 0 spiro atoms. The van der Waals surface area contributed by atoms with E-state index in [1.165, 1.54) is 12.1 Å². The highest BCUT2D eigenvalue weighted by molar-refractivity contribution is 6.30. The Morgan fingerprint density at radius 1 is 1.48 bits per heavy atom. The molecule has 2 rings (SSSR count). The maximum Gasteiger partial charge on any atom is 0.312 e. The van der Waals surface area contributed by atoms with Crippen LogP contribution < -0.4 is 10.1 Å². The van der Waals surface area contributed by atoms with Crippen LogP contribution in [0, 0.1) is 10.1 Å². The first-order valence-corrected chi connectivity index (χ1v) is 7.08. The van der Waals surface area contributed by atoms with Crippen LogP contribution in [0.3, 0.4) is 0 Å². The first kappa shape index (κ1) is 16.8. The maximum atomic E-state index is 11.8. The van der Waals surface area contributed by atoms with Gasteiger partial charge in [-0.15, -0.1) is 0 Å². The molecular weight excluding hydrogens is 326 g/mol. The number of nitro benzene ring substituents is 1. The van der Waals surface area contributed by atoms with Gasteiger partial charge in [-0.25, -0.2) is 0 Å². The van der Waals surface area contributed by atoms with Crippen molar-refractivity contribution in [3.63, 3.8) is 0 Å². The Morgan fingerprint density at radius 2 is 2.22 bits per heavy atom. The SMILES string of the molecule is CC(C)c1cc(NC(=O)COc2ccc(Cl)cc2[N+](=O)[O-])on1. The normalized spacial score (nSPS) is 10.6. The number of carbonyl (C=O) groups is 1. The lowest BCUT2D eigenvalue weighted by atomic mass is 10.1. The van der Waals surface area contributed by atoms with Gasteiger partial charge in [0, 0.05) is 17.2 Å². The summed E-state index contributed by atoms with van der Waals surface area (Å²) in [6.07, 6.45) is 0. The van der Waals surface area contributed by atoms with Crippen LogP contribution in [0.4, 0.5) is 11.6 Å². The predicted molar refractivity (Wildman–Crippen MR) is 82.8 cm³/mol. The number of benzene rings is 1. The monoisotopic (exact) mass is 339 g/mol. The topological polar surface area (TPSA) is 108 Å². The van der Waals surface area contributed by atoms with E-state index in [0.717, 1.165) is 6.07 Å². The number of hydrogen-bond donors (Lipinski definition) is 1. The molecule has 0 aliphatic heterocycles. The van der Waals surface area contributed by atoms with Gasteiger partial charge < -0.3 is 9.26 Å². The summed E-state index contributed by atoms with van der Waals surface area (Å²) in [5, 5.41) is 17.4. The number of rotatable bonds is 6. The Hall–Kier alpha value is -2.61. The van der Waals surface area contributed by atoms with Crippen molar-refractivity contribution in [3.05, 3.63) is 45.1 Å². The number of anilines is 1. The summed E-state index contributed by atoms with van der Waals surface area (Å²) in [5.41, 5.74) is 0.390. The molecule has 9 heteroatoms. The molecule has 2 aromatic rings. The van der Waals surface area contributed by atoms with Crippen molar-refractivity contribution in [1.29, 1.82) is 0 Å². The maximum absolute atomic E-state index is 11.8. The molecular formula is C14H14ClN3O5. The molecule has 0 aliphatic rings. The van der Waals surface area contributed by atoms with Gasteiger partial charge in [0.05, 0.1) is 10.6 Å². The average molecular weight is 340 g/mol. The van der Waals surface area contributed by atoms with E-state index in [1.807, 2.05) is 13.8 Å². The fourth-order valence-corrected chi connectivity index (χ4v) is 1.86. The van der Waals surface area contributed by atoms with E-state index in [-0.39, 0.29) is 28.3 Å². The minimum absolute atomic E-state index is 0.0463. The van der Waals surface area contributed by atoms with Crippen LogP contribution in [-0.2, 0) is 4.79 Å². The van der Waals surface area contributed by atoms with Crippen molar-refractivity contribution in [2.24, 2.45) is 0 Å². The molecule has 0 saturated carbocycles. The highest BCUT2D eigenvalue weighted by Gasteiger charge is 2.17. The van der Waals surface area contributed by atoms with Crippen molar-refractivity contribution in [3.8, 4) is 5.75 Å². The summed E-state index contributed by atoms with van der Waals surface area (Å²) in [7, 11) is 0. The first-order valence-electron chi connectivity index (χ1n) is 6.70. The van der Waals surface area contributed by atoms with E-state index in [9.17, 15) is 14.9 Å². The van der Waals surface area contributed by atoms with Crippen molar-refractivity contribution < 1.29 is 19.0 Å². The number of amides is 1. The second kappa shape index (κ2) is 7.10. The fraction of sp³-hybridized carbons (Fsp3) is 0.286. The van der Waals surface area contributed by atoms with Gasteiger partial charge in [-0.1, -0.05) is 30.6 Å². The minimum atomic E-state index is -0.634. The summed E-state index contributed by atoms with van der Waals surface area (Å²) in [5.74, 6) is -0.221. The molecule has 1 amide bonds. The Labute approximate surface area is 136 Å². The first-order chi connectivity index (χ1) is 10.9. The quantitative estimate of drug-likeness (QED) is 0.638. The van der Waals surface area contributed by atoms with E-state index in [2.05, 4.69) is 10.5 Å². The lowest BCUT2D eigenvalue weighted by molar-refractivity contribution is -0.385. The molecule has 0 radical (unpaired) electrons. The van der Waals surface area contributed by atoms with Gasteiger partial charge in [-0.2, -0.15) is 0 Å². The van der Waals surface area contributed by atoms with Crippen molar-refractivity contribution in [1.82, 2.24) is 5.16 Å². The van der Waals surface area contributed by atoms with E-state index >= 15 is 0 Å². The van der Waals surface area contributed by atoms with Gasteiger partial charge in [0.2, 0.25) is 5.88 Å². The van der Waals surface area contributed by atoms with Gasteiger partial charge in [-0.3, -0.25) is 20.2 Å². The summed E-state index contributed by atoms with van der Waals surface area (Å²) in [6.45, 7) is 3.46. The molecule has 0 bridgehead atoms. The molecule has 1 heterocycles. The van der Waals surface area contributed by atoms with Crippen LogP contribution >= 0.6 is 11.6 Å². The van der Waals surface area contributed by atoms with Gasteiger partial charge in [0.25, 0.3) is 5.91 Å². The smallest absolute Gasteiger partial charge is 0.312 e. The lowest BCUT2D eigenvalue weighted by Gasteiger charge is -2.06. The predicted octanol–water partition coefficient (Wildman–Crippen LogP) is 3.38. The third kappa shape index (κ3) is 4.43. The number of ether oxygens (including phenoxy) is 1. The second-order valence-electron chi connectivity index (χ2n) is 4.98. The van der Waals surface area contributed by atoms with Crippen LogP contribution in [0.1, 0.15) is 25.5 Å². The van der Waals surface area contributed by atoms with Crippen LogP contribution in [0.2, 0.25) is 5.02 Å². The van der Waals surface area contributed by atoms with E-state index < -0.39 is 17.4 Å². The Balaban J connectivity index is 1.97. The molecule has 1 aromatic carbocycles. The lowest BCUT2D eigenvalue weighted by Crippen LogP contribution is -2.20. The number of nitrogens with zero attached hydrogens (tertiary/aromatic N) is 2. The molecule has 23 heavy (non-hydrogen) atoms. The number of nitrogens with one attached hydrogen (secondary N) is 1. The van der Waals surface area contributed by atoms with Gasteiger partial charge >= 0.3 is 5.69 Å². The van der Waals surface area contributed by atoms with Gasteiger partial charge in [0.1, 0.15) is 0 Å². The highest BCUT2D eigenvalue weighted by atomic mass is 35.5. The zero-order chi connectivity index (χ0) is 17.0. The van der Waals surface area contributed by atoms with E-state index in [0.29, 0.717) is 5.69 Å². The molecule has 0 atom stereocenters. The zero-order valence-corrected chi connectivity index (χ0v) is 13.2. The van der Waals surface area contributed by atoms with E-state index in [4.69, 9.17) is 20.9 Å². The van der Waals surface area contributed by atoms with Gasteiger partial charge in [-0.05, 0) is 18.1 Å². The van der Waals surface area contributed by atoms with Crippen LogP contribution in [0.5, 0.6) is 5.75 Å². The summed E-state index contributed by atoms with van der Waals surface area (Å²) < 4.78 is 10.1. The average Bonchev–Trinajstić information content (AvgIpc) is 2.94. The number of hydrogen-bond acceptors (Lipinski definition) is 6. The van der Waals surface area contributed by atoms with Crippen LogP contribution in [0.25, 0.3) is 0 Å². The zero-order valence-electron chi connectivity index (χ0n) is 12.4. The Morgan fingerprint density at radius 3 is 2.83 bits per heavy atom. The largest absolute Gasteiger partial charge is 0.477 e. The standard InChI is InChI=1S/C14H14ClN3O5/c1-8(2)10-6-14(23-17-10)16-13(19)7-22-12-4-3-9(15)5-11(12)18(20)21/h3-6,8H,7H2,1-2H3,(H,16,19). The number of nitro groups is 1. The van der Waals surface area contributed by atoms with Crippen LogP contribution in [0.15, 0.2) is 28.8 Å². The molecule has 0 fully saturated rings. The summed E-state index contributed by atoms with van der Waals surface area (Å²) in [4.78, 5) is 22.1. The molecule has 0 saturated heterocycles. The second-order valence-corrected chi connectivity index (χ2v) is 5.41. The van der Waals surface area contributed by atoms with E-state index in [1.54, 1.807) is 6.07 Å². The highest BCUT2D eigenvalue weighted by Crippen LogP contribution is 2.29. The Bertz CT molecular complexity index is 729. The van der Waals surface area contributed by atoms with Gasteiger partial charge in [0.15, 0.2) is 12.4 Å². The number of carbonyl (C=O) groups excluding carboxylic acids is 1. The number of halogens is 1. The number of aromatic nitrogens is 1.